The van der Waals surface area contributed by atoms with Gasteiger partial charge in [0.1, 0.15) is 0 Å². The summed E-state index contributed by atoms with van der Waals surface area (Å²) in [4.78, 5) is 15.2. The van der Waals surface area contributed by atoms with Gasteiger partial charge in [0, 0.05) is 37.0 Å². The highest BCUT2D eigenvalue weighted by atomic mass is 32.2. The minimum atomic E-state index is -3.35. The van der Waals surface area contributed by atoms with Gasteiger partial charge in [0.25, 0.3) is 0 Å². The molecule has 0 radical (unpaired) electrons. The number of rotatable bonds is 4. The lowest BCUT2D eigenvalue weighted by molar-refractivity contribution is -0.129. The quantitative estimate of drug-likeness (QED) is 0.820. The van der Waals surface area contributed by atoms with Crippen molar-refractivity contribution >= 4 is 27.3 Å². The molecule has 2 fully saturated rings. The first-order valence-corrected chi connectivity index (χ1v) is 10.8. The Hall–Kier alpha value is -1.70. The second-order valence-corrected chi connectivity index (χ2v) is 9.86. The molecule has 0 saturated carbocycles. The third-order valence-corrected chi connectivity index (χ3v) is 8.20. The Morgan fingerprint density at radius 2 is 1.88 bits per heavy atom. The molecule has 0 aliphatic carbocycles. The normalized spacial score (nSPS) is 25.2. The van der Waals surface area contributed by atoms with E-state index in [2.05, 4.69) is 0 Å². The number of benzene rings is 1. The van der Waals surface area contributed by atoms with Crippen molar-refractivity contribution in [1.29, 1.82) is 0 Å². The second-order valence-electron chi connectivity index (χ2n) is 6.68. The van der Waals surface area contributed by atoms with Crippen molar-refractivity contribution in [2.45, 2.75) is 18.2 Å². The molecule has 132 valence electrons. The van der Waals surface area contributed by atoms with Crippen molar-refractivity contribution < 1.29 is 13.2 Å². The first-order chi connectivity index (χ1) is 12.0. The van der Waals surface area contributed by atoms with Gasteiger partial charge in [-0.25, -0.2) is 8.42 Å². The van der Waals surface area contributed by atoms with Crippen molar-refractivity contribution in [1.82, 2.24) is 9.21 Å². The molecule has 3 heterocycles. The van der Waals surface area contributed by atoms with Gasteiger partial charge in [-0.15, -0.1) is 11.3 Å². The number of thiophene rings is 1. The van der Waals surface area contributed by atoms with Crippen LogP contribution in [0.5, 0.6) is 0 Å². The Labute approximate surface area is 151 Å². The maximum Gasteiger partial charge on any atom is 0.227 e. The van der Waals surface area contributed by atoms with E-state index < -0.39 is 15.3 Å². The van der Waals surface area contributed by atoms with Gasteiger partial charge in [-0.05, 0) is 17.0 Å². The van der Waals surface area contributed by atoms with Crippen molar-refractivity contribution in [3.63, 3.8) is 0 Å². The molecule has 2 saturated heterocycles. The molecule has 1 amide bonds. The van der Waals surface area contributed by atoms with Gasteiger partial charge in [0.05, 0.1) is 11.7 Å². The Bertz CT molecular complexity index is 850. The number of amides is 1. The van der Waals surface area contributed by atoms with Crippen LogP contribution < -0.4 is 0 Å². The zero-order valence-electron chi connectivity index (χ0n) is 13.7. The minimum Gasteiger partial charge on any atom is -0.341 e. The van der Waals surface area contributed by atoms with Crippen LogP contribution in [0.15, 0.2) is 47.8 Å². The Morgan fingerprint density at radius 1 is 1.08 bits per heavy atom. The number of hydrogen-bond acceptors (Lipinski definition) is 4. The molecule has 2 aromatic rings. The van der Waals surface area contributed by atoms with E-state index in [0.29, 0.717) is 32.6 Å². The third-order valence-electron chi connectivity index (χ3n) is 5.02. The summed E-state index contributed by atoms with van der Waals surface area (Å²) < 4.78 is 27.3. The van der Waals surface area contributed by atoms with Crippen LogP contribution in [0.2, 0.25) is 0 Å². The highest BCUT2D eigenvalue weighted by molar-refractivity contribution is 7.90. The van der Waals surface area contributed by atoms with Crippen molar-refractivity contribution in [2.24, 2.45) is 5.92 Å². The van der Waals surface area contributed by atoms with Gasteiger partial charge in [-0.3, -0.25) is 4.79 Å². The molecule has 0 spiro atoms. The van der Waals surface area contributed by atoms with E-state index in [1.165, 1.54) is 0 Å². The molecular formula is C18H20N2O3S2. The number of nitrogens with zero attached hydrogens (tertiary/aromatic N) is 2. The maximum atomic E-state index is 12.9. The Kier molecular flexibility index (Phi) is 4.39. The van der Waals surface area contributed by atoms with Crippen LogP contribution in [0.3, 0.4) is 0 Å². The van der Waals surface area contributed by atoms with Gasteiger partial charge < -0.3 is 4.90 Å². The predicted octanol–water partition coefficient (Wildman–Crippen LogP) is 1.96. The highest BCUT2D eigenvalue weighted by Crippen LogP contribution is 2.35. The van der Waals surface area contributed by atoms with Gasteiger partial charge >= 0.3 is 0 Å². The van der Waals surface area contributed by atoms with Crippen molar-refractivity contribution in [3.05, 3.63) is 58.3 Å². The molecule has 4 rings (SSSR count). The summed E-state index contributed by atoms with van der Waals surface area (Å²) in [5, 5.41) is 1.50. The number of carbonyl (C=O) groups is 1. The second kappa shape index (κ2) is 6.55. The average molecular weight is 377 g/mol. The molecule has 2 atom stereocenters. The van der Waals surface area contributed by atoms with Gasteiger partial charge in [-0.2, -0.15) is 4.31 Å². The first kappa shape index (κ1) is 16.8. The summed E-state index contributed by atoms with van der Waals surface area (Å²) in [6, 6.07) is 13.5. The van der Waals surface area contributed by atoms with Crippen LogP contribution in [0, 0.1) is 5.92 Å². The van der Waals surface area contributed by atoms with E-state index >= 15 is 0 Å². The SMILES string of the molecule is O=C(Cc1cccs1)N1C[C@@H]2CN(Cc3ccccc3)S(=O)(=O)[C@H]2C1. The summed E-state index contributed by atoms with van der Waals surface area (Å²) in [7, 11) is -3.35. The lowest BCUT2D eigenvalue weighted by Gasteiger charge is -2.21. The van der Waals surface area contributed by atoms with E-state index in [4.69, 9.17) is 0 Å². The van der Waals surface area contributed by atoms with E-state index in [9.17, 15) is 13.2 Å². The summed E-state index contributed by atoms with van der Waals surface area (Å²) in [5.41, 5.74) is 0.997. The number of hydrogen-bond donors (Lipinski definition) is 0. The summed E-state index contributed by atoms with van der Waals surface area (Å²) in [6.45, 7) is 1.78. The molecule has 5 nitrogen and oxygen atoms in total. The maximum absolute atomic E-state index is 12.9. The number of carbonyl (C=O) groups excluding carboxylic acids is 1. The fourth-order valence-corrected chi connectivity index (χ4v) is 6.56. The fourth-order valence-electron chi connectivity index (χ4n) is 3.73. The molecule has 1 aromatic heterocycles. The van der Waals surface area contributed by atoms with Crippen molar-refractivity contribution in [2.75, 3.05) is 19.6 Å². The number of likely N-dealkylation sites (tertiary alicyclic amines) is 1. The molecule has 2 aliphatic heterocycles. The first-order valence-electron chi connectivity index (χ1n) is 8.37. The highest BCUT2D eigenvalue weighted by Gasteiger charge is 2.51. The van der Waals surface area contributed by atoms with E-state index in [-0.39, 0.29) is 11.8 Å². The smallest absolute Gasteiger partial charge is 0.227 e. The van der Waals surface area contributed by atoms with Crippen LogP contribution in [0.1, 0.15) is 10.4 Å². The number of fused-ring (bicyclic) bond motifs is 1. The zero-order chi connectivity index (χ0) is 17.4. The predicted molar refractivity (Wildman–Crippen MR) is 97.7 cm³/mol. The zero-order valence-corrected chi connectivity index (χ0v) is 15.4. The summed E-state index contributed by atoms with van der Waals surface area (Å²) in [5.74, 6) is 0.0441. The summed E-state index contributed by atoms with van der Waals surface area (Å²) >= 11 is 1.56. The van der Waals surface area contributed by atoms with E-state index in [0.717, 1.165) is 10.4 Å². The fraction of sp³-hybridized carbons (Fsp3) is 0.389. The third kappa shape index (κ3) is 3.23. The van der Waals surface area contributed by atoms with Crippen LogP contribution in [0.25, 0.3) is 0 Å². The van der Waals surface area contributed by atoms with Gasteiger partial charge in [-0.1, -0.05) is 36.4 Å². The molecule has 0 unspecified atom stereocenters. The standard InChI is InChI=1S/C18H20N2O3S2/c21-18(9-16-7-4-8-24-16)19-11-15-12-20(25(22,23)17(15)13-19)10-14-5-2-1-3-6-14/h1-8,15,17H,9-13H2/t15-,17+/m1/s1. The Morgan fingerprint density at radius 3 is 2.56 bits per heavy atom. The van der Waals surface area contributed by atoms with Crippen molar-refractivity contribution in [3.8, 4) is 0 Å². The topological polar surface area (TPSA) is 57.7 Å². The van der Waals surface area contributed by atoms with Crippen LogP contribution in [0.4, 0.5) is 0 Å². The summed E-state index contributed by atoms with van der Waals surface area (Å²) in [6.07, 6.45) is 0.366. The molecule has 1 aromatic carbocycles. The lowest BCUT2D eigenvalue weighted by Crippen LogP contribution is -2.37. The molecule has 2 aliphatic rings. The molecule has 7 heteroatoms. The van der Waals surface area contributed by atoms with Crippen LogP contribution in [-0.2, 0) is 27.8 Å². The lowest BCUT2D eigenvalue weighted by atomic mass is 10.1. The largest absolute Gasteiger partial charge is 0.341 e. The monoisotopic (exact) mass is 376 g/mol. The van der Waals surface area contributed by atoms with Gasteiger partial charge in [0.2, 0.25) is 15.9 Å². The van der Waals surface area contributed by atoms with Gasteiger partial charge in [0.15, 0.2) is 0 Å². The molecule has 25 heavy (non-hydrogen) atoms. The minimum absolute atomic E-state index is 0.0148. The van der Waals surface area contributed by atoms with E-state index in [1.54, 1.807) is 20.5 Å². The van der Waals surface area contributed by atoms with E-state index in [1.807, 2.05) is 47.8 Å². The van der Waals surface area contributed by atoms with Crippen LogP contribution in [-0.4, -0.2) is 48.4 Å². The molecular weight excluding hydrogens is 356 g/mol. The van der Waals surface area contributed by atoms with Crippen LogP contribution >= 0.6 is 11.3 Å². The number of sulfonamides is 1. The average Bonchev–Trinajstić information content (AvgIpc) is 3.28. The Balaban J connectivity index is 1.43. The molecule has 0 N–H and O–H groups in total. The molecule has 0 bridgehead atoms.